The summed E-state index contributed by atoms with van der Waals surface area (Å²) >= 11 is 0. The molecule has 2 aromatic heterocycles. The van der Waals surface area contributed by atoms with Crippen LogP contribution in [0.4, 0.5) is 0 Å². The van der Waals surface area contributed by atoms with Crippen LogP contribution in [0.1, 0.15) is 59.5 Å². The minimum atomic E-state index is -0.236. The van der Waals surface area contributed by atoms with Gasteiger partial charge in [0.15, 0.2) is 0 Å². The number of aryl methyl sites for hydroxylation is 2. The molecule has 1 atom stereocenters. The molecule has 0 spiro atoms. The molecule has 3 heterocycles. The van der Waals surface area contributed by atoms with Crippen molar-refractivity contribution in [1.29, 1.82) is 0 Å². The first kappa shape index (κ1) is 15.3. The zero-order valence-electron chi connectivity index (χ0n) is 14.0. The van der Waals surface area contributed by atoms with E-state index in [1.54, 1.807) is 0 Å². The van der Waals surface area contributed by atoms with Gasteiger partial charge in [-0.05, 0) is 39.2 Å². The summed E-state index contributed by atoms with van der Waals surface area (Å²) in [6.07, 6.45) is 6.17. The molecular weight excluding hydrogens is 308 g/mol. The second-order valence-electron chi connectivity index (χ2n) is 6.75. The minimum absolute atomic E-state index is 0.0691. The van der Waals surface area contributed by atoms with Crippen molar-refractivity contribution in [2.75, 3.05) is 6.54 Å². The second kappa shape index (κ2) is 6.01. The smallest absolute Gasteiger partial charge is 0.292 e. The van der Waals surface area contributed by atoms with Crippen molar-refractivity contribution in [2.24, 2.45) is 7.05 Å². The topological polar surface area (TPSA) is 89.1 Å². The van der Waals surface area contributed by atoms with Gasteiger partial charge in [-0.25, -0.2) is 0 Å². The quantitative estimate of drug-likeness (QED) is 0.890. The van der Waals surface area contributed by atoms with E-state index in [0.29, 0.717) is 5.89 Å². The third kappa shape index (κ3) is 3.06. The van der Waals surface area contributed by atoms with Crippen molar-refractivity contribution >= 4 is 5.91 Å². The lowest BCUT2D eigenvalue weighted by Gasteiger charge is -2.20. The third-order valence-corrected chi connectivity index (χ3v) is 4.69. The normalized spacial score (nSPS) is 21.3. The average molecular weight is 330 g/mol. The van der Waals surface area contributed by atoms with Gasteiger partial charge in [0, 0.05) is 31.4 Å². The molecule has 1 aliphatic heterocycles. The molecule has 8 nitrogen and oxygen atoms in total. The number of nitrogens with zero attached hydrogens (tertiary/aromatic N) is 5. The van der Waals surface area contributed by atoms with E-state index in [1.807, 2.05) is 24.9 Å². The van der Waals surface area contributed by atoms with Gasteiger partial charge in [0.05, 0.1) is 11.7 Å². The summed E-state index contributed by atoms with van der Waals surface area (Å²) in [7, 11) is 1.93. The molecule has 24 heavy (non-hydrogen) atoms. The van der Waals surface area contributed by atoms with E-state index in [4.69, 9.17) is 4.52 Å². The molecule has 0 bridgehead atoms. The predicted octanol–water partition coefficient (Wildman–Crippen LogP) is 1.34. The van der Waals surface area contributed by atoms with Crippen LogP contribution in [-0.2, 0) is 13.6 Å². The van der Waals surface area contributed by atoms with E-state index in [0.717, 1.165) is 44.5 Å². The standard InChI is InChI=1S/C16H22N6O2/c1-10-11(8-21(2)19-10)9-22-7-3-4-13(22)16-18-14(20-24-16)15(23)17-12-5-6-12/h8,12-13H,3-7,9H2,1-2H3,(H,17,23)/t13-/m1/s1. The number of aromatic nitrogens is 4. The molecule has 1 saturated heterocycles. The monoisotopic (exact) mass is 330 g/mol. The molecule has 0 unspecified atom stereocenters. The van der Waals surface area contributed by atoms with Crippen LogP contribution in [0.2, 0.25) is 0 Å². The summed E-state index contributed by atoms with van der Waals surface area (Å²) in [6, 6.07) is 0.357. The molecule has 1 amide bonds. The molecule has 2 fully saturated rings. The molecule has 0 radical (unpaired) electrons. The van der Waals surface area contributed by atoms with Crippen molar-refractivity contribution in [1.82, 2.24) is 30.1 Å². The first-order chi connectivity index (χ1) is 11.6. The summed E-state index contributed by atoms with van der Waals surface area (Å²) in [4.78, 5) is 18.7. The predicted molar refractivity (Wildman–Crippen MR) is 85.1 cm³/mol. The van der Waals surface area contributed by atoms with Crippen LogP contribution in [-0.4, -0.2) is 43.3 Å². The fourth-order valence-corrected chi connectivity index (χ4v) is 3.26. The first-order valence-corrected chi connectivity index (χ1v) is 8.48. The molecule has 4 rings (SSSR count). The maximum absolute atomic E-state index is 12.0. The number of carbonyl (C=O) groups is 1. The highest BCUT2D eigenvalue weighted by Crippen LogP contribution is 2.32. The average Bonchev–Trinajstić information content (AvgIpc) is 2.96. The fraction of sp³-hybridized carbons (Fsp3) is 0.625. The van der Waals surface area contributed by atoms with Gasteiger partial charge in [-0.15, -0.1) is 0 Å². The third-order valence-electron chi connectivity index (χ3n) is 4.69. The van der Waals surface area contributed by atoms with Crippen LogP contribution in [0.25, 0.3) is 0 Å². The maximum atomic E-state index is 12.0. The molecule has 2 aliphatic rings. The van der Waals surface area contributed by atoms with E-state index in [-0.39, 0.29) is 23.8 Å². The lowest BCUT2D eigenvalue weighted by Crippen LogP contribution is -2.27. The van der Waals surface area contributed by atoms with Crippen molar-refractivity contribution in [3.63, 3.8) is 0 Å². The van der Waals surface area contributed by atoms with Gasteiger partial charge in [0.2, 0.25) is 5.89 Å². The largest absolute Gasteiger partial charge is 0.346 e. The maximum Gasteiger partial charge on any atom is 0.292 e. The Balaban J connectivity index is 1.47. The minimum Gasteiger partial charge on any atom is -0.346 e. The van der Waals surface area contributed by atoms with E-state index in [1.165, 1.54) is 5.56 Å². The molecule has 1 N–H and O–H groups in total. The Hall–Kier alpha value is -2.22. The summed E-state index contributed by atoms with van der Waals surface area (Å²) in [5.41, 5.74) is 2.24. The van der Waals surface area contributed by atoms with Crippen LogP contribution >= 0.6 is 0 Å². The van der Waals surface area contributed by atoms with Gasteiger partial charge in [-0.3, -0.25) is 14.4 Å². The number of likely N-dealkylation sites (tertiary alicyclic amines) is 1. The number of hydrogen-bond donors (Lipinski definition) is 1. The highest BCUT2D eigenvalue weighted by Gasteiger charge is 2.33. The van der Waals surface area contributed by atoms with E-state index < -0.39 is 0 Å². The summed E-state index contributed by atoms with van der Waals surface area (Å²) in [5, 5.41) is 11.1. The Kier molecular flexibility index (Phi) is 3.84. The Morgan fingerprint density at radius 3 is 2.96 bits per heavy atom. The molecule has 2 aromatic rings. The number of hydrogen-bond acceptors (Lipinski definition) is 6. The van der Waals surface area contributed by atoms with E-state index >= 15 is 0 Å². The lowest BCUT2D eigenvalue weighted by atomic mass is 10.2. The lowest BCUT2D eigenvalue weighted by molar-refractivity contribution is 0.0937. The number of carbonyl (C=O) groups excluding carboxylic acids is 1. The highest BCUT2D eigenvalue weighted by atomic mass is 16.5. The Morgan fingerprint density at radius 1 is 1.42 bits per heavy atom. The van der Waals surface area contributed by atoms with Gasteiger partial charge in [0.25, 0.3) is 11.7 Å². The van der Waals surface area contributed by atoms with Crippen LogP contribution in [0.3, 0.4) is 0 Å². The Labute approximate surface area is 140 Å². The molecule has 1 saturated carbocycles. The summed E-state index contributed by atoms with van der Waals surface area (Å²) < 4.78 is 7.23. The zero-order valence-corrected chi connectivity index (χ0v) is 14.0. The summed E-state index contributed by atoms with van der Waals surface area (Å²) in [5.74, 6) is 0.441. The second-order valence-corrected chi connectivity index (χ2v) is 6.75. The fourth-order valence-electron chi connectivity index (χ4n) is 3.26. The van der Waals surface area contributed by atoms with Crippen molar-refractivity contribution < 1.29 is 9.32 Å². The van der Waals surface area contributed by atoms with Crippen LogP contribution < -0.4 is 5.32 Å². The SMILES string of the molecule is Cc1nn(C)cc1CN1CCC[C@@H]1c1nc(C(=O)NC2CC2)no1. The summed E-state index contributed by atoms with van der Waals surface area (Å²) in [6.45, 7) is 3.80. The van der Waals surface area contributed by atoms with Gasteiger partial charge in [-0.2, -0.15) is 10.1 Å². The number of amides is 1. The molecule has 0 aromatic carbocycles. The molecule has 128 valence electrons. The molecule has 1 aliphatic carbocycles. The molecular formula is C16H22N6O2. The van der Waals surface area contributed by atoms with Crippen LogP contribution in [0.15, 0.2) is 10.7 Å². The van der Waals surface area contributed by atoms with Crippen molar-refractivity contribution in [3.8, 4) is 0 Å². The number of rotatable bonds is 5. The first-order valence-electron chi connectivity index (χ1n) is 8.48. The number of nitrogens with one attached hydrogen (secondary N) is 1. The van der Waals surface area contributed by atoms with Gasteiger partial charge in [-0.1, -0.05) is 5.16 Å². The van der Waals surface area contributed by atoms with Crippen molar-refractivity contribution in [3.05, 3.63) is 29.2 Å². The van der Waals surface area contributed by atoms with Gasteiger partial charge < -0.3 is 9.84 Å². The van der Waals surface area contributed by atoms with Crippen LogP contribution in [0.5, 0.6) is 0 Å². The van der Waals surface area contributed by atoms with E-state index in [2.05, 4.69) is 25.5 Å². The molecule has 8 heteroatoms. The Morgan fingerprint density at radius 2 is 2.25 bits per heavy atom. The highest BCUT2D eigenvalue weighted by molar-refractivity contribution is 5.90. The zero-order chi connectivity index (χ0) is 16.7. The van der Waals surface area contributed by atoms with Crippen molar-refractivity contribution in [2.45, 2.75) is 51.2 Å². The Bertz CT molecular complexity index is 748. The van der Waals surface area contributed by atoms with Gasteiger partial charge in [0.1, 0.15) is 0 Å². The van der Waals surface area contributed by atoms with Crippen LogP contribution in [0, 0.1) is 6.92 Å². The van der Waals surface area contributed by atoms with E-state index in [9.17, 15) is 4.79 Å². The van der Waals surface area contributed by atoms with Gasteiger partial charge >= 0.3 is 0 Å².